The minimum absolute atomic E-state index is 0.110. The Balaban J connectivity index is 1.75. The number of amides is 1. The van der Waals surface area contributed by atoms with Crippen molar-refractivity contribution in [1.29, 1.82) is 0 Å². The predicted octanol–water partition coefficient (Wildman–Crippen LogP) is -0.619. The third kappa shape index (κ3) is 2.63. The number of amidine groups is 1. The van der Waals surface area contributed by atoms with Gasteiger partial charge in [0.2, 0.25) is 5.91 Å². The van der Waals surface area contributed by atoms with E-state index in [0.29, 0.717) is 25.2 Å². The number of nitrogens with zero attached hydrogens (tertiary/aromatic N) is 1. The number of nitrogens with one attached hydrogen (secondary N) is 2. The zero-order valence-corrected chi connectivity index (χ0v) is 9.20. The highest BCUT2D eigenvalue weighted by atomic mass is 16.4. The molecular formula is C10H18N4O2. The van der Waals surface area contributed by atoms with E-state index in [1.165, 1.54) is 0 Å². The van der Waals surface area contributed by atoms with Crippen LogP contribution in [0.5, 0.6) is 0 Å². The highest BCUT2D eigenvalue weighted by molar-refractivity contribution is 5.80. The SMILES string of the molecule is NC(CC1(CNC2CNC(=O)C2)CC1)=NO. The van der Waals surface area contributed by atoms with Gasteiger partial charge in [-0.05, 0) is 18.3 Å². The van der Waals surface area contributed by atoms with E-state index in [1.54, 1.807) is 0 Å². The molecule has 1 amide bonds. The summed E-state index contributed by atoms with van der Waals surface area (Å²) in [7, 11) is 0. The van der Waals surface area contributed by atoms with Gasteiger partial charge in [-0.2, -0.15) is 0 Å². The van der Waals surface area contributed by atoms with Gasteiger partial charge in [-0.25, -0.2) is 0 Å². The number of rotatable bonds is 5. The molecule has 2 aliphatic rings. The molecule has 1 aliphatic heterocycles. The summed E-state index contributed by atoms with van der Waals surface area (Å²) in [4.78, 5) is 11.0. The van der Waals surface area contributed by atoms with Crippen molar-refractivity contribution >= 4 is 11.7 Å². The summed E-state index contributed by atoms with van der Waals surface area (Å²) in [6.07, 6.45) is 3.39. The number of nitrogens with two attached hydrogens (primary N) is 1. The number of hydrogen-bond acceptors (Lipinski definition) is 4. The first kappa shape index (κ1) is 11.2. The number of hydrogen-bond donors (Lipinski definition) is 4. The van der Waals surface area contributed by atoms with Crippen LogP contribution >= 0.6 is 0 Å². The van der Waals surface area contributed by atoms with E-state index in [1.807, 2.05) is 0 Å². The van der Waals surface area contributed by atoms with Gasteiger partial charge in [0.15, 0.2) is 0 Å². The van der Waals surface area contributed by atoms with Crippen LogP contribution in [-0.4, -0.2) is 36.1 Å². The molecule has 2 fully saturated rings. The topological polar surface area (TPSA) is 99.7 Å². The lowest BCUT2D eigenvalue weighted by Gasteiger charge is -2.17. The lowest BCUT2D eigenvalue weighted by molar-refractivity contribution is -0.119. The Morgan fingerprint density at radius 2 is 2.44 bits per heavy atom. The lowest BCUT2D eigenvalue weighted by Crippen LogP contribution is -2.36. The maximum atomic E-state index is 11.0. The summed E-state index contributed by atoms with van der Waals surface area (Å²) in [6.45, 7) is 1.54. The van der Waals surface area contributed by atoms with Crippen molar-refractivity contribution in [3.05, 3.63) is 0 Å². The van der Waals surface area contributed by atoms with Gasteiger partial charge in [0, 0.05) is 32.0 Å². The molecule has 1 heterocycles. The first-order chi connectivity index (χ1) is 7.63. The molecule has 1 unspecified atom stereocenters. The van der Waals surface area contributed by atoms with Gasteiger partial charge in [-0.15, -0.1) is 0 Å². The van der Waals surface area contributed by atoms with Crippen molar-refractivity contribution in [2.24, 2.45) is 16.3 Å². The highest BCUT2D eigenvalue weighted by Gasteiger charge is 2.43. The molecule has 0 aromatic rings. The molecule has 0 bridgehead atoms. The number of carbonyl (C=O) groups is 1. The standard InChI is InChI=1S/C10H18N4O2/c11-8(14-16)4-10(1-2-10)6-13-7-3-9(15)12-5-7/h7,13,16H,1-6H2,(H2,11,14)(H,12,15). The van der Waals surface area contributed by atoms with E-state index in [2.05, 4.69) is 15.8 Å². The van der Waals surface area contributed by atoms with Gasteiger partial charge in [-0.1, -0.05) is 5.16 Å². The average Bonchev–Trinajstić information content (AvgIpc) is 2.90. The van der Waals surface area contributed by atoms with Crippen LogP contribution < -0.4 is 16.4 Å². The van der Waals surface area contributed by atoms with Crippen LogP contribution in [0.25, 0.3) is 0 Å². The van der Waals surface area contributed by atoms with Gasteiger partial charge in [0.05, 0.1) is 0 Å². The van der Waals surface area contributed by atoms with Crippen LogP contribution in [0.15, 0.2) is 5.16 Å². The monoisotopic (exact) mass is 226 g/mol. The van der Waals surface area contributed by atoms with Gasteiger partial charge in [0.25, 0.3) is 0 Å². The molecule has 90 valence electrons. The second kappa shape index (κ2) is 4.29. The van der Waals surface area contributed by atoms with E-state index in [-0.39, 0.29) is 17.4 Å². The fourth-order valence-corrected chi connectivity index (χ4v) is 2.12. The molecule has 1 saturated carbocycles. The summed E-state index contributed by atoms with van der Waals surface area (Å²) >= 11 is 0. The third-order valence-corrected chi connectivity index (χ3v) is 3.38. The Morgan fingerprint density at radius 1 is 1.69 bits per heavy atom. The van der Waals surface area contributed by atoms with Crippen LogP contribution in [0.1, 0.15) is 25.7 Å². The van der Waals surface area contributed by atoms with Crippen LogP contribution in [0.4, 0.5) is 0 Å². The van der Waals surface area contributed by atoms with Crippen LogP contribution in [0.2, 0.25) is 0 Å². The maximum absolute atomic E-state index is 11.0. The van der Waals surface area contributed by atoms with E-state index >= 15 is 0 Å². The Morgan fingerprint density at radius 3 is 2.94 bits per heavy atom. The minimum atomic E-state index is 0.110. The molecule has 2 rings (SSSR count). The quantitative estimate of drug-likeness (QED) is 0.217. The van der Waals surface area contributed by atoms with Crippen LogP contribution in [-0.2, 0) is 4.79 Å². The van der Waals surface area contributed by atoms with Crippen LogP contribution in [0, 0.1) is 5.41 Å². The van der Waals surface area contributed by atoms with Crippen LogP contribution in [0.3, 0.4) is 0 Å². The highest BCUT2D eigenvalue weighted by Crippen LogP contribution is 2.48. The van der Waals surface area contributed by atoms with Gasteiger partial charge in [-0.3, -0.25) is 4.79 Å². The molecule has 0 aromatic heterocycles. The normalized spacial score (nSPS) is 27.9. The maximum Gasteiger partial charge on any atom is 0.221 e. The predicted molar refractivity (Wildman–Crippen MR) is 59.1 cm³/mol. The Labute approximate surface area is 94.3 Å². The lowest BCUT2D eigenvalue weighted by atomic mass is 10.0. The van der Waals surface area contributed by atoms with Gasteiger partial charge < -0.3 is 21.6 Å². The third-order valence-electron chi connectivity index (χ3n) is 3.38. The summed E-state index contributed by atoms with van der Waals surface area (Å²) in [5.41, 5.74) is 5.67. The van der Waals surface area contributed by atoms with Crippen molar-refractivity contribution in [1.82, 2.24) is 10.6 Å². The second-order valence-corrected chi connectivity index (χ2v) is 4.85. The fourth-order valence-electron chi connectivity index (χ4n) is 2.12. The molecule has 0 spiro atoms. The average molecular weight is 226 g/mol. The molecule has 0 radical (unpaired) electrons. The summed E-state index contributed by atoms with van der Waals surface area (Å²) in [5, 5.41) is 17.7. The number of oxime groups is 1. The molecule has 1 atom stereocenters. The van der Waals surface area contributed by atoms with Crippen molar-refractivity contribution in [2.75, 3.05) is 13.1 Å². The fraction of sp³-hybridized carbons (Fsp3) is 0.800. The molecule has 5 N–H and O–H groups in total. The van der Waals surface area contributed by atoms with Gasteiger partial charge >= 0.3 is 0 Å². The molecule has 6 heteroatoms. The zero-order chi connectivity index (χ0) is 11.6. The molecule has 0 aromatic carbocycles. The summed E-state index contributed by atoms with van der Waals surface area (Å²) < 4.78 is 0. The zero-order valence-electron chi connectivity index (χ0n) is 9.20. The Hall–Kier alpha value is -1.30. The van der Waals surface area contributed by atoms with E-state index in [9.17, 15) is 4.79 Å². The minimum Gasteiger partial charge on any atom is -0.409 e. The largest absolute Gasteiger partial charge is 0.409 e. The first-order valence-corrected chi connectivity index (χ1v) is 5.60. The number of carbonyl (C=O) groups excluding carboxylic acids is 1. The smallest absolute Gasteiger partial charge is 0.221 e. The molecule has 1 saturated heterocycles. The van der Waals surface area contributed by atoms with E-state index in [0.717, 1.165) is 19.4 Å². The molecule has 6 nitrogen and oxygen atoms in total. The first-order valence-electron chi connectivity index (χ1n) is 5.60. The molecule has 16 heavy (non-hydrogen) atoms. The van der Waals surface area contributed by atoms with E-state index in [4.69, 9.17) is 10.9 Å². The summed E-state index contributed by atoms with van der Waals surface area (Å²) in [6, 6.07) is 0.234. The molecular weight excluding hydrogens is 208 g/mol. The van der Waals surface area contributed by atoms with E-state index < -0.39 is 0 Å². The Bertz CT molecular complexity index is 312. The second-order valence-electron chi connectivity index (χ2n) is 4.85. The van der Waals surface area contributed by atoms with Gasteiger partial charge in [0.1, 0.15) is 5.84 Å². The van der Waals surface area contributed by atoms with Crippen molar-refractivity contribution in [3.63, 3.8) is 0 Å². The van der Waals surface area contributed by atoms with Crippen molar-refractivity contribution < 1.29 is 10.0 Å². The summed E-state index contributed by atoms with van der Waals surface area (Å²) in [5.74, 6) is 0.402. The van der Waals surface area contributed by atoms with Crippen molar-refractivity contribution in [2.45, 2.75) is 31.7 Å². The molecule has 1 aliphatic carbocycles. The Kier molecular flexibility index (Phi) is 3.00. The van der Waals surface area contributed by atoms with Crippen molar-refractivity contribution in [3.8, 4) is 0 Å².